The molecule has 0 fully saturated rings. The first-order valence-electron chi connectivity index (χ1n) is 4.27. The van der Waals surface area contributed by atoms with Crippen molar-refractivity contribution in [2.75, 3.05) is 6.61 Å². The molecule has 0 saturated heterocycles. The van der Waals surface area contributed by atoms with Gasteiger partial charge in [-0.1, -0.05) is 11.8 Å². The molecule has 0 aliphatic rings. The zero-order valence-electron chi connectivity index (χ0n) is 7.78. The third-order valence-electron chi connectivity index (χ3n) is 1.64. The molecule has 6 nitrogen and oxygen atoms in total. The number of tetrazole rings is 1. The molecular formula is C7H9N5OS2. The fraction of sp³-hybridized carbons (Fsp3) is 0.429. The minimum absolute atomic E-state index is 0.0408. The Hall–Kier alpha value is -0.990. The van der Waals surface area contributed by atoms with Crippen molar-refractivity contribution in [2.45, 2.75) is 17.5 Å². The molecule has 0 unspecified atom stereocenters. The summed E-state index contributed by atoms with van der Waals surface area (Å²) in [6, 6.07) is 0. The first-order valence-corrected chi connectivity index (χ1v) is 6.14. The van der Waals surface area contributed by atoms with Crippen LogP contribution in [0.4, 0.5) is 0 Å². The second-order valence-electron chi connectivity index (χ2n) is 2.66. The molecular weight excluding hydrogens is 234 g/mol. The predicted molar refractivity (Wildman–Crippen MR) is 56.6 cm³/mol. The highest BCUT2D eigenvalue weighted by molar-refractivity contribution is 7.98. The lowest BCUT2D eigenvalue weighted by Crippen LogP contribution is -2.05. The van der Waals surface area contributed by atoms with E-state index in [0.717, 1.165) is 10.9 Å². The Morgan fingerprint density at radius 1 is 1.53 bits per heavy atom. The quantitative estimate of drug-likeness (QED) is 0.767. The molecule has 0 saturated carbocycles. The standard InChI is InChI=1S/C7H9N5OS2/c13-2-1-12-7(9-10-11-12)14-4-6-3-8-5-15-6/h3,5,13H,1-2,4H2. The van der Waals surface area contributed by atoms with E-state index < -0.39 is 0 Å². The minimum atomic E-state index is 0.0408. The molecule has 8 heteroatoms. The maximum absolute atomic E-state index is 8.78. The molecule has 15 heavy (non-hydrogen) atoms. The molecule has 0 spiro atoms. The van der Waals surface area contributed by atoms with Crippen molar-refractivity contribution in [1.29, 1.82) is 0 Å². The lowest BCUT2D eigenvalue weighted by atomic mass is 10.6. The van der Waals surface area contributed by atoms with Crippen molar-refractivity contribution < 1.29 is 5.11 Å². The van der Waals surface area contributed by atoms with Crippen LogP contribution >= 0.6 is 23.1 Å². The summed E-state index contributed by atoms with van der Waals surface area (Å²) in [4.78, 5) is 5.17. The van der Waals surface area contributed by atoms with Crippen LogP contribution < -0.4 is 0 Å². The van der Waals surface area contributed by atoms with E-state index in [2.05, 4.69) is 20.5 Å². The van der Waals surface area contributed by atoms with Gasteiger partial charge in [0.05, 0.1) is 18.7 Å². The second-order valence-corrected chi connectivity index (χ2v) is 4.58. The summed E-state index contributed by atoms with van der Waals surface area (Å²) >= 11 is 3.14. The summed E-state index contributed by atoms with van der Waals surface area (Å²) in [6.07, 6.45) is 1.83. The van der Waals surface area contributed by atoms with Gasteiger partial charge in [-0.25, -0.2) is 4.68 Å². The first-order chi connectivity index (χ1) is 7.40. The zero-order valence-corrected chi connectivity index (χ0v) is 9.41. The van der Waals surface area contributed by atoms with E-state index in [9.17, 15) is 0 Å². The number of nitrogens with zero attached hydrogens (tertiary/aromatic N) is 5. The van der Waals surface area contributed by atoms with Crippen LogP contribution in [0, 0.1) is 0 Å². The number of aromatic nitrogens is 5. The Morgan fingerprint density at radius 2 is 2.47 bits per heavy atom. The number of thiazole rings is 1. The van der Waals surface area contributed by atoms with Gasteiger partial charge in [0.1, 0.15) is 0 Å². The van der Waals surface area contributed by atoms with Gasteiger partial charge in [-0.2, -0.15) is 0 Å². The van der Waals surface area contributed by atoms with Crippen LogP contribution in [0.1, 0.15) is 4.88 Å². The van der Waals surface area contributed by atoms with Gasteiger partial charge < -0.3 is 5.11 Å². The molecule has 0 aromatic carbocycles. The summed E-state index contributed by atoms with van der Waals surface area (Å²) in [7, 11) is 0. The van der Waals surface area contributed by atoms with E-state index in [1.54, 1.807) is 21.5 Å². The van der Waals surface area contributed by atoms with E-state index in [4.69, 9.17) is 5.11 Å². The summed E-state index contributed by atoms with van der Waals surface area (Å²) in [5.74, 6) is 0.802. The smallest absolute Gasteiger partial charge is 0.209 e. The fourth-order valence-corrected chi connectivity index (χ4v) is 2.53. The Balaban J connectivity index is 1.95. The van der Waals surface area contributed by atoms with Crippen LogP contribution in [0.2, 0.25) is 0 Å². The monoisotopic (exact) mass is 243 g/mol. The summed E-state index contributed by atoms with van der Waals surface area (Å²) in [5.41, 5.74) is 1.80. The molecule has 80 valence electrons. The molecule has 2 aromatic heterocycles. The molecule has 2 heterocycles. The van der Waals surface area contributed by atoms with Crippen molar-refractivity contribution in [2.24, 2.45) is 0 Å². The van der Waals surface area contributed by atoms with Crippen LogP contribution in [-0.4, -0.2) is 36.9 Å². The van der Waals surface area contributed by atoms with Gasteiger partial charge >= 0.3 is 0 Å². The maximum Gasteiger partial charge on any atom is 0.209 e. The van der Waals surface area contributed by atoms with Crippen molar-refractivity contribution in [1.82, 2.24) is 25.2 Å². The summed E-state index contributed by atoms with van der Waals surface area (Å²) in [6.45, 7) is 0.469. The van der Waals surface area contributed by atoms with Crippen LogP contribution in [0.25, 0.3) is 0 Å². The molecule has 2 aromatic rings. The maximum atomic E-state index is 8.78. The average molecular weight is 243 g/mol. The number of hydrogen-bond acceptors (Lipinski definition) is 7. The summed E-state index contributed by atoms with van der Waals surface area (Å²) < 4.78 is 1.59. The Kier molecular flexibility index (Phi) is 3.64. The Labute approximate surface area is 94.3 Å². The average Bonchev–Trinajstić information content (AvgIpc) is 2.85. The molecule has 0 aliphatic heterocycles. The van der Waals surface area contributed by atoms with Crippen LogP contribution in [0.15, 0.2) is 16.9 Å². The van der Waals surface area contributed by atoms with Gasteiger partial charge in [-0.05, 0) is 10.4 Å². The van der Waals surface area contributed by atoms with Crippen molar-refractivity contribution >= 4 is 23.1 Å². The first kappa shape index (κ1) is 10.5. The second kappa shape index (κ2) is 5.19. The zero-order chi connectivity index (χ0) is 10.5. The van der Waals surface area contributed by atoms with Gasteiger partial charge in [-0.15, -0.1) is 16.4 Å². The van der Waals surface area contributed by atoms with Crippen molar-refractivity contribution in [3.63, 3.8) is 0 Å². The van der Waals surface area contributed by atoms with Crippen molar-refractivity contribution in [3.05, 3.63) is 16.6 Å². The Bertz CT molecular complexity index is 401. The molecule has 1 N–H and O–H groups in total. The van der Waals surface area contributed by atoms with Crippen LogP contribution in [0.3, 0.4) is 0 Å². The van der Waals surface area contributed by atoms with Crippen molar-refractivity contribution in [3.8, 4) is 0 Å². The third kappa shape index (κ3) is 2.74. The van der Waals surface area contributed by atoms with E-state index in [-0.39, 0.29) is 6.61 Å². The fourth-order valence-electron chi connectivity index (χ4n) is 0.984. The Morgan fingerprint density at radius 3 is 3.20 bits per heavy atom. The number of aliphatic hydroxyl groups excluding tert-OH is 1. The lowest BCUT2D eigenvalue weighted by Gasteiger charge is -1.99. The normalized spacial score (nSPS) is 10.7. The molecule has 0 aliphatic carbocycles. The lowest BCUT2D eigenvalue weighted by molar-refractivity contribution is 0.262. The van der Waals surface area contributed by atoms with Gasteiger partial charge in [0.15, 0.2) is 0 Å². The molecule has 0 atom stereocenters. The van der Waals surface area contributed by atoms with Gasteiger partial charge in [-0.3, -0.25) is 4.98 Å². The highest BCUT2D eigenvalue weighted by atomic mass is 32.2. The number of aliphatic hydroxyl groups is 1. The molecule has 0 bridgehead atoms. The SMILES string of the molecule is OCCn1nnnc1SCc1cncs1. The van der Waals surface area contributed by atoms with Gasteiger partial charge in [0.25, 0.3) is 0 Å². The number of hydrogen-bond donors (Lipinski definition) is 1. The highest BCUT2D eigenvalue weighted by Crippen LogP contribution is 2.21. The van der Waals surface area contributed by atoms with E-state index in [1.165, 1.54) is 16.6 Å². The minimum Gasteiger partial charge on any atom is -0.394 e. The molecule has 0 amide bonds. The van der Waals surface area contributed by atoms with E-state index >= 15 is 0 Å². The van der Waals surface area contributed by atoms with E-state index in [0.29, 0.717) is 6.54 Å². The topological polar surface area (TPSA) is 76.7 Å². The largest absolute Gasteiger partial charge is 0.394 e. The molecule has 2 rings (SSSR count). The highest BCUT2D eigenvalue weighted by Gasteiger charge is 2.06. The van der Waals surface area contributed by atoms with Crippen LogP contribution in [-0.2, 0) is 12.3 Å². The summed E-state index contributed by atoms with van der Waals surface area (Å²) in [5, 5.41) is 20.7. The number of thioether (sulfide) groups is 1. The van der Waals surface area contributed by atoms with Crippen LogP contribution in [0.5, 0.6) is 0 Å². The molecule has 0 radical (unpaired) electrons. The number of rotatable bonds is 5. The van der Waals surface area contributed by atoms with Gasteiger partial charge in [0.2, 0.25) is 5.16 Å². The van der Waals surface area contributed by atoms with E-state index in [1.807, 2.05) is 6.20 Å². The predicted octanol–water partition coefficient (Wildman–Crippen LogP) is 0.414. The third-order valence-corrected chi connectivity index (χ3v) is 3.61. The van der Waals surface area contributed by atoms with Gasteiger partial charge in [0, 0.05) is 16.8 Å².